The zero-order chi connectivity index (χ0) is 24.0. The van der Waals surface area contributed by atoms with Gasteiger partial charge in [-0.2, -0.15) is 5.10 Å². The maximum Gasteiger partial charge on any atom is 0.331 e. The van der Waals surface area contributed by atoms with Crippen LogP contribution < -0.4 is 14.8 Å². The Hall–Kier alpha value is -4.07. The summed E-state index contributed by atoms with van der Waals surface area (Å²) >= 11 is 0. The molecule has 3 aromatic rings. The van der Waals surface area contributed by atoms with Crippen molar-refractivity contribution in [2.45, 2.75) is 26.9 Å². The zero-order valence-corrected chi connectivity index (χ0v) is 19.3. The molecule has 1 heterocycles. The van der Waals surface area contributed by atoms with Crippen LogP contribution in [0.25, 0.3) is 11.8 Å². The second kappa shape index (κ2) is 10.5. The monoisotopic (exact) mass is 449 g/mol. The van der Waals surface area contributed by atoms with Crippen molar-refractivity contribution in [3.8, 4) is 17.2 Å². The molecule has 0 saturated heterocycles. The van der Waals surface area contributed by atoms with Gasteiger partial charge in [0, 0.05) is 23.4 Å². The Balaban J connectivity index is 1.66. The molecule has 1 N–H and O–H groups in total. The second-order valence-electron chi connectivity index (χ2n) is 7.30. The number of aryl methyl sites for hydroxylation is 1. The van der Waals surface area contributed by atoms with Crippen LogP contribution in [0.5, 0.6) is 11.5 Å². The first-order chi connectivity index (χ1) is 15.8. The van der Waals surface area contributed by atoms with E-state index < -0.39 is 18.0 Å². The number of hydrogen-bond acceptors (Lipinski definition) is 6. The minimum Gasteiger partial charge on any atom is -0.497 e. The number of ether oxygens (including phenoxy) is 3. The predicted octanol–water partition coefficient (Wildman–Crippen LogP) is 4.09. The average molecular weight is 450 g/mol. The Morgan fingerprint density at radius 2 is 1.79 bits per heavy atom. The fourth-order valence-corrected chi connectivity index (χ4v) is 3.28. The lowest BCUT2D eigenvalue weighted by Gasteiger charge is -2.15. The molecule has 1 aromatic heterocycles. The van der Waals surface area contributed by atoms with Gasteiger partial charge in [0.05, 0.1) is 31.3 Å². The van der Waals surface area contributed by atoms with Gasteiger partial charge in [-0.15, -0.1) is 0 Å². The van der Waals surface area contributed by atoms with Gasteiger partial charge in [0.1, 0.15) is 11.5 Å². The molecule has 3 rings (SSSR count). The first-order valence-corrected chi connectivity index (χ1v) is 10.4. The van der Waals surface area contributed by atoms with Gasteiger partial charge < -0.3 is 19.5 Å². The molecule has 8 heteroatoms. The van der Waals surface area contributed by atoms with E-state index in [9.17, 15) is 9.59 Å². The lowest BCUT2D eigenvalue weighted by Crippen LogP contribution is -2.29. The van der Waals surface area contributed by atoms with Crippen molar-refractivity contribution in [2.24, 2.45) is 0 Å². The number of nitrogens with one attached hydrogen (secondary N) is 1. The molecule has 33 heavy (non-hydrogen) atoms. The molecule has 0 radical (unpaired) electrons. The number of anilines is 1. The van der Waals surface area contributed by atoms with Gasteiger partial charge in [0.2, 0.25) is 0 Å². The maximum atomic E-state index is 12.5. The van der Waals surface area contributed by atoms with Crippen molar-refractivity contribution in [3.63, 3.8) is 0 Å². The van der Waals surface area contributed by atoms with E-state index in [1.165, 1.54) is 27.2 Å². The molecule has 172 valence electrons. The number of rotatable bonds is 8. The van der Waals surface area contributed by atoms with Crippen LogP contribution >= 0.6 is 0 Å². The lowest BCUT2D eigenvalue weighted by molar-refractivity contribution is -0.148. The molecule has 0 aliphatic carbocycles. The van der Waals surface area contributed by atoms with Crippen LogP contribution in [-0.4, -0.2) is 42.0 Å². The molecule has 2 aromatic carbocycles. The van der Waals surface area contributed by atoms with E-state index in [1.807, 2.05) is 48.9 Å². The highest BCUT2D eigenvalue weighted by Gasteiger charge is 2.19. The molecule has 0 aliphatic rings. The minimum absolute atomic E-state index is 0.417. The molecule has 0 bridgehead atoms. The van der Waals surface area contributed by atoms with Crippen LogP contribution in [0.4, 0.5) is 5.69 Å². The van der Waals surface area contributed by atoms with Crippen LogP contribution in [0.2, 0.25) is 0 Å². The Labute approximate surface area is 192 Å². The van der Waals surface area contributed by atoms with Crippen molar-refractivity contribution in [1.82, 2.24) is 9.78 Å². The van der Waals surface area contributed by atoms with Crippen molar-refractivity contribution in [1.29, 1.82) is 0 Å². The van der Waals surface area contributed by atoms with Crippen molar-refractivity contribution in [2.75, 3.05) is 19.5 Å². The molecule has 1 atom stereocenters. The third kappa shape index (κ3) is 5.60. The van der Waals surface area contributed by atoms with E-state index in [4.69, 9.17) is 14.2 Å². The van der Waals surface area contributed by atoms with Crippen molar-refractivity contribution in [3.05, 3.63) is 71.6 Å². The number of para-hydroxylation sites is 1. The smallest absolute Gasteiger partial charge is 0.331 e. The van der Waals surface area contributed by atoms with Crippen LogP contribution in [0.3, 0.4) is 0 Å². The van der Waals surface area contributed by atoms with Crippen LogP contribution in [0, 0.1) is 13.8 Å². The van der Waals surface area contributed by atoms with Crippen molar-refractivity contribution >= 4 is 23.6 Å². The normalized spacial score (nSPS) is 11.8. The summed E-state index contributed by atoms with van der Waals surface area (Å²) < 4.78 is 17.5. The number of hydrogen-bond donors (Lipinski definition) is 1. The summed E-state index contributed by atoms with van der Waals surface area (Å²) in [6.45, 7) is 5.29. The van der Waals surface area contributed by atoms with E-state index in [0.717, 1.165) is 22.6 Å². The summed E-state index contributed by atoms with van der Waals surface area (Å²) in [5, 5.41) is 7.25. The van der Waals surface area contributed by atoms with E-state index in [-0.39, 0.29) is 0 Å². The quantitative estimate of drug-likeness (QED) is 0.411. The predicted molar refractivity (Wildman–Crippen MR) is 126 cm³/mol. The number of carbonyl (C=O) groups excluding carboxylic acids is 2. The number of nitrogens with zero attached hydrogens (tertiary/aromatic N) is 2. The van der Waals surface area contributed by atoms with E-state index >= 15 is 0 Å². The third-order valence-electron chi connectivity index (χ3n) is 5.06. The second-order valence-corrected chi connectivity index (χ2v) is 7.30. The number of benzene rings is 2. The van der Waals surface area contributed by atoms with Gasteiger partial charge >= 0.3 is 5.97 Å². The average Bonchev–Trinajstić information content (AvgIpc) is 3.11. The molecule has 1 unspecified atom stereocenters. The number of methoxy groups -OCH3 is 2. The Bertz CT molecular complexity index is 1170. The van der Waals surface area contributed by atoms with E-state index in [2.05, 4.69) is 10.4 Å². The SMILES string of the molecule is COc1ccc(OC)c(NC(=O)C(C)OC(=O)/C=C/c2c(C)nn(-c3ccccc3)c2C)c1. The molecule has 0 aliphatic heterocycles. The fourth-order valence-electron chi connectivity index (χ4n) is 3.28. The molecular weight excluding hydrogens is 422 g/mol. The number of amides is 1. The molecule has 8 nitrogen and oxygen atoms in total. The Morgan fingerprint density at radius 3 is 2.45 bits per heavy atom. The van der Waals surface area contributed by atoms with Gasteiger partial charge in [-0.3, -0.25) is 4.79 Å². The minimum atomic E-state index is -1.02. The summed E-state index contributed by atoms with van der Waals surface area (Å²) in [5.41, 5.74) is 3.82. The van der Waals surface area contributed by atoms with Gasteiger partial charge in [-0.25, -0.2) is 9.48 Å². The highest BCUT2D eigenvalue weighted by Crippen LogP contribution is 2.29. The summed E-state index contributed by atoms with van der Waals surface area (Å²) in [5.74, 6) is -0.112. The fraction of sp³-hybridized carbons (Fsp3) is 0.240. The molecule has 1 amide bonds. The van der Waals surface area contributed by atoms with Gasteiger partial charge in [-0.05, 0) is 51.1 Å². The van der Waals surface area contributed by atoms with Crippen LogP contribution in [0.15, 0.2) is 54.6 Å². The number of carbonyl (C=O) groups is 2. The molecular formula is C25H27N3O5. The van der Waals surface area contributed by atoms with Crippen LogP contribution in [0.1, 0.15) is 23.9 Å². The van der Waals surface area contributed by atoms with E-state index in [1.54, 1.807) is 24.3 Å². The molecule has 0 spiro atoms. The first-order valence-electron chi connectivity index (χ1n) is 10.4. The number of aromatic nitrogens is 2. The Kier molecular flexibility index (Phi) is 7.50. The zero-order valence-electron chi connectivity index (χ0n) is 19.3. The number of esters is 1. The Morgan fingerprint density at radius 1 is 1.06 bits per heavy atom. The summed E-state index contributed by atoms with van der Waals surface area (Å²) in [6.07, 6.45) is 1.92. The highest BCUT2D eigenvalue weighted by molar-refractivity contribution is 5.97. The summed E-state index contributed by atoms with van der Waals surface area (Å²) in [6, 6.07) is 14.7. The summed E-state index contributed by atoms with van der Waals surface area (Å²) in [4.78, 5) is 24.9. The largest absolute Gasteiger partial charge is 0.497 e. The van der Waals surface area contributed by atoms with Crippen LogP contribution in [-0.2, 0) is 14.3 Å². The van der Waals surface area contributed by atoms with E-state index in [0.29, 0.717) is 17.2 Å². The third-order valence-corrected chi connectivity index (χ3v) is 5.06. The van der Waals surface area contributed by atoms with Gasteiger partial charge in [0.25, 0.3) is 5.91 Å². The topological polar surface area (TPSA) is 91.7 Å². The molecule has 0 fully saturated rings. The van der Waals surface area contributed by atoms with Crippen molar-refractivity contribution < 1.29 is 23.8 Å². The van der Waals surface area contributed by atoms with Gasteiger partial charge in [-0.1, -0.05) is 18.2 Å². The molecule has 0 saturated carbocycles. The van der Waals surface area contributed by atoms with Gasteiger partial charge in [0.15, 0.2) is 6.10 Å². The summed E-state index contributed by atoms with van der Waals surface area (Å²) in [7, 11) is 3.02. The standard InChI is InChI=1S/C25H27N3O5/c1-16-21(17(2)28(27-16)19-9-7-6-8-10-19)12-14-24(29)33-18(3)25(30)26-22-15-20(31-4)11-13-23(22)32-5/h6-15,18H,1-5H3,(H,26,30)/b14-12+. The maximum absolute atomic E-state index is 12.5. The lowest BCUT2D eigenvalue weighted by atomic mass is 10.2. The first kappa shape index (κ1) is 23.6. The highest BCUT2D eigenvalue weighted by atomic mass is 16.5.